The summed E-state index contributed by atoms with van der Waals surface area (Å²) in [5.41, 5.74) is 2.60. The number of carbonyl (C=O) groups is 1. The van der Waals surface area contributed by atoms with Crippen molar-refractivity contribution in [3.63, 3.8) is 0 Å². The number of halogens is 1. The quantitative estimate of drug-likeness (QED) is 0.638. The number of oxime groups is 1. The molecule has 0 saturated carbocycles. The van der Waals surface area contributed by atoms with Crippen molar-refractivity contribution in [2.24, 2.45) is 5.16 Å². The highest BCUT2D eigenvalue weighted by Crippen LogP contribution is 2.19. The predicted octanol–water partition coefficient (Wildman–Crippen LogP) is 3.72. The summed E-state index contributed by atoms with van der Waals surface area (Å²) in [5.74, 6) is -0.0710. The predicted molar refractivity (Wildman–Crippen MR) is 84.4 cm³/mol. The van der Waals surface area contributed by atoms with Gasteiger partial charge in [-0.3, -0.25) is 0 Å². The van der Waals surface area contributed by atoms with Crippen molar-refractivity contribution in [3.05, 3.63) is 71.0 Å². The highest BCUT2D eigenvalue weighted by atomic mass is 19.1. The van der Waals surface area contributed by atoms with Crippen LogP contribution in [0, 0.1) is 5.82 Å². The molecule has 0 aliphatic carbocycles. The molecule has 1 aliphatic heterocycles. The van der Waals surface area contributed by atoms with Gasteiger partial charge >= 0.3 is 5.97 Å². The number of hydrogen-bond acceptors (Lipinski definition) is 4. The molecule has 0 bridgehead atoms. The van der Waals surface area contributed by atoms with Crippen molar-refractivity contribution in [3.8, 4) is 5.75 Å². The molecule has 0 N–H and O–H groups in total. The van der Waals surface area contributed by atoms with Crippen LogP contribution in [-0.4, -0.2) is 11.7 Å². The number of carbonyl (C=O) groups excluding carboxylic acids is 1. The Labute approximate surface area is 132 Å². The van der Waals surface area contributed by atoms with Crippen LogP contribution in [0.5, 0.6) is 5.75 Å². The minimum absolute atomic E-state index is 0.284. The number of rotatable bonds is 4. The van der Waals surface area contributed by atoms with Gasteiger partial charge in [0.2, 0.25) is 0 Å². The van der Waals surface area contributed by atoms with Crippen molar-refractivity contribution in [1.82, 2.24) is 0 Å². The second-order valence-electron chi connectivity index (χ2n) is 5.10. The van der Waals surface area contributed by atoms with Crippen LogP contribution in [-0.2, 0) is 16.2 Å². The molecule has 23 heavy (non-hydrogen) atoms. The number of ether oxygens (including phenoxy) is 1. The van der Waals surface area contributed by atoms with E-state index in [1.165, 1.54) is 12.1 Å². The monoisotopic (exact) mass is 311 g/mol. The summed E-state index contributed by atoms with van der Waals surface area (Å²) in [7, 11) is 0. The van der Waals surface area contributed by atoms with E-state index < -0.39 is 5.97 Å². The van der Waals surface area contributed by atoms with Gasteiger partial charge in [-0.05, 0) is 48.4 Å². The largest absolute Gasteiger partial charge is 0.489 e. The fourth-order valence-corrected chi connectivity index (χ4v) is 2.14. The molecule has 4 nitrogen and oxygen atoms in total. The maximum Gasteiger partial charge on any atom is 0.367 e. The Balaban J connectivity index is 1.67. The first-order valence-electron chi connectivity index (χ1n) is 7.07. The zero-order chi connectivity index (χ0) is 16.2. The lowest BCUT2D eigenvalue weighted by molar-refractivity contribution is -0.136. The average molecular weight is 311 g/mol. The Morgan fingerprint density at radius 2 is 2.00 bits per heavy atom. The van der Waals surface area contributed by atoms with Crippen LogP contribution >= 0.6 is 0 Å². The van der Waals surface area contributed by atoms with Gasteiger partial charge in [-0.15, -0.1) is 0 Å². The molecule has 2 aromatic rings. The molecule has 1 heterocycles. The molecule has 0 fully saturated rings. The molecule has 0 spiro atoms. The molecule has 0 aromatic heterocycles. The Morgan fingerprint density at radius 3 is 2.65 bits per heavy atom. The molecule has 3 rings (SSSR count). The standard InChI is InChI=1S/C18H14FNO3/c1-12-17(18(21)23-20-12)10-13-5-7-16(8-6-13)22-11-14-3-2-4-15(19)9-14/h2-10H,11H2,1H3. The molecule has 0 amide bonds. The van der Waals surface area contributed by atoms with Gasteiger partial charge in [0.25, 0.3) is 0 Å². The number of nitrogens with zero attached hydrogens (tertiary/aromatic N) is 1. The molecule has 116 valence electrons. The molecule has 0 radical (unpaired) electrons. The molecule has 0 atom stereocenters. The van der Waals surface area contributed by atoms with Crippen molar-refractivity contribution in [2.45, 2.75) is 13.5 Å². The maximum atomic E-state index is 13.1. The average Bonchev–Trinajstić information content (AvgIpc) is 2.86. The summed E-state index contributed by atoms with van der Waals surface area (Å²) < 4.78 is 18.7. The summed E-state index contributed by atoms with van der Waals surface area (Å²) in [6.07, 6.45) is 1.71. The summed E-state index contributed by atoms with van der Waals surface area (Å²) in [6, 6.07) is 13.5. The molecular weight excluding hydrogens is 297 g/mol. The van der Waals surface area contributed by atoms with Gasteiger partial charge < -0.3 is 9.57 Å². The van der Waals surface area contributed by atoms with Crippen LogP contribution < -0.4 is 4.74 Å². The van der Waals surface area contributed by atoms with Crippen molar-refractivity contribution in [2.75, 3.05) is 0 Å². The second-order valence-corrected chi connectivity index (χ2v) is 5.10. The van der Waals surface area contributed by atoms with E-state index >= 15 is 0 Å². The van der Waals surface area contributed by atoms with Gasteiger partial charge in [-0.1, -0.05) is 29.4 Å². The minimum Gasteiger partial charge on any atom is -0.489 e. The van der Waals surface area contributed by atoms with Gasteiger partial charge in [0.1, 0.15) is 18.2 Å². The third kappa shape index (κ3) is 3.63. The molecule has 1 aliphatic rings. The number of benzene rings is 2. The lowest BCUT2D eigenvalue weighted by atomic mass is 10.1. The van der Waals surface area contributed by atoms with E-state index in [1.54, 1.807) is 37.3 Å². The summed E-state index contributed by atoms with van der Waals surface area (Å²) in [4.78, 5) is 16.1. The zero-order valence-electron chi connectivity index (χ0n) is 12.5. The van der Waals surface area contributed by atoms with Gasteiger partial charge in [-0.25, -0.2) is 9.18 Å². The first kappa shape index (κ1) is 15.0. The highest BCUT2D eigenvalue weighted by Gasteiger charge is 2.21. The smallest absolute Gasteiger partial charge is 0.367 e. The van der Waals surface area contributed by atoms with Gasteiger partial charge in [0.15, 0.2) is 0 Å². The molecular formula is C18H14FNO3. The lowest BCUT2D eigenvalue weighted by Crippen LogP contribution is -2.01. The van der Waals surface area contributed by atoms with Crippen LogP contribution in [0.2, 0.25) is 0 Å². The Morgan fingerprint density at radius 1 is 1.22 bits per heavy atom. The van der Waals surface area contributed by atoms with Gasteiger partial charge in [0.05, 0.1) is 11.3 Å². The van der Waals surface area contributed by atoms with E-state index in [-0.39, 0.29) is 12.4 Å². The van der Waals surface area contributed by atoms with Crippen LogP contribution in [0.3, 0.4) is 0 Å². The molecule has 0 unspecified atom stereocenters. The third-order valence-electron chi connectivity index (χ3n) is 3.36. The molecule has 0 saturated heterocycles. The van der Waals surface area contributed by atoms with Gasteiger partial charge in [-0.2, -0.15) is 0 Å². The fraction of sp³-hybridized carbons (Fsp3) is 0.111. The van der Waals surface area contributed by atoms with Crippen molar-refractivity contribution in [1.29, 1.82) is 0 Å². The molecule has 5 heteroatoms. The van der Waals surface area contributed by atoms with E-state index in [0.717, 1.165) is 11.1 Å². The van der Waals surface area contributed by atoms with Crippen LogP contribution in [0.25, 0.3) is 6.08 Å². The lowest BCUT2D eigenvalue weighted by Gasteiger charge is -2.06. The van der Waals surface area contributed by atoms with Crippen molar-refractivity contribution < 1.29 is 18.8 Å². The minimum atomic E-state index is -0.450. The summed E-state index contributed by atoms with van der Waals surface area (Å²) in [6.45, 7) is 2.00. The van der Waals surface area contributed by atoms with E-state index in [0.29, 0.717) is 17.0 Å². The first-order chi connectivity index (χ1) is 11.1. The van der Waals surface area contributed by atoms with Gasteiger partial charge in [0, 0.05) is 0 Å². The highest BCUT2D eigenvalue weighted by molar-refractivity contribution is 6.24. The Hall–Kier alpha value is -2.95. The van der Waals surface area contributed by atoms with Crippen LogP contribution in [0.1, 0.15) is 18.1 Å². The normalized spacial score (nSPS) is 15.5. The van der Waals surface area contributed by atoms with Crippen LogP contribution in [0.15, 0.2) is 59.3 Å². The summed E-state index contributed by atoms with van der Waals surface area (Å²) >= 11 is 0. The summed E-state index contributed by atoms with van der Waals surface area (Å²) in [5, 5.41) is 3.63. The second kappa shape index (κ2) is 6.44. The topological polar surface area (TPSA) is 47.9 Å². The third-order valence-corrected chi connectivity index (χ3v) is 3.36. The molecule has 2 aromatic carbocycles. The zero-order valence-corrected chi connectivity index (χ0v) is 12.5. The number of hydrogen-bond donors (Lipinski definition) is 0. The maximum absolute atomic E-state index is 13.1. The van der Waals surface area contributed by atoms with Crippen LogP contribution in [0.4, 0.5) is 4.39 Å². The first-order valence-corrected chi connectivity index (χ1v) is 7.07. The fourth-order valence-electron chi connectivity index (χ4n) is 2.14. The van der Waals surface area contributed by atoms with E-state index in [2.05, 4.69) is 9.99 Å². The Bertz CT molecular complexity index is 794. The SMILES string of the molecule is CC1=NOC(=O)C1=Cc1ccc(OCc2cccc(F)c2)cc1. The van der Waals surface area contributed by atoms with E-state index in [9.17, 15) is 9.18 Å². The Kier molecular flexibility index (Phi) is 4.19. The van der Waals surface area contributed by atoms with E-state index in [4.69, 9.17) is 4.74 Å². The van der Waals surface area contributed by atoms with Crippen molar-refractivity contribution >= 4 is 17.8 Å². The van der Waals surface area contributed by atoms with E-state index in [1.807, 2.05) is 12.1 Å².